The van der Waals surface area contributed by atoms with Gasteiger partial charge in [0.2, 0.25) is 5.91 Å². The van der Waals surface area contributed by atoms with Crippen molar-refractivity contribution in [2.45, 2.75) is 45.1 Å². The fourth-order valence-corrected chi connectivity index (χ4v) is 3.00. The summed E-state index contributed by atoms with van der Waals surface area (Å²) in [5.41, 5.74) is -0.606. The number of aliphatic hydroxyl groups is 1. The van der Waals surface area contributed by atoms with Gasteiger partial charge < -0.3 is 15.3 Å². The van der Waals surface area contributed by atoms with Crippen molar-refractivity contribution in [3.63, 3.8) is 0 Å². The molecule has 2 saturated heterocycles. The van der Waals surface area contributed by atoms with Gasteiger partial charge in [0.1, 0.15) is 0 Å². The zero-order chi connectivity index (χ0) is 13.2. The van der Waals surface area contributed by atoms with Crippen LogP contribution in [0.25, 0.3) is 0 Å². The van der Waals surface area contributed by atoms with Crippen LogP contribution in [-0.4, -0.2) is 47.7 Å². The van der Waals surface area contributed by atoms with Crippen LogP contribution >= 0.6 is 0 Å². The second-order valence-electron chi connectivity index (χ2n) is 6.12. The van der Waals surface area contributed by atoms with Gasteiger partial charge in [0.25, 0.3) is 0 Å². The first-order chi connectivity index (χ1) is 8.54. The van der Waals surface area contributed by atoms with Gasteiger partial charge in [-0.3, -0.25) is 4.79 Å². The van der Waals surface area contributed by atoms with Gasteiger partial charge in [0.05, 0.1) is 18.7 Å². The second kappa shape index (κ2) is 5.57. The molecule has 2 fully saturated rings. The number of hydrogen-bond donors (Lipinski definition) is 2. The van der Waals surface area contributed by atoms with Crippen LogP contribution in [0.3, 0.4) is 0 Å². The van der Waals surface area contributed by atoms with Crippen molar-refractivity contribution in [3.05, 3.63) is 0 Å². The van der Waals surface area contributed by atoms with E-state index in [2.05, 4.69) is 12.2 Å². The zero-order valence-corrected chi connectivity index (χ0v) is 11.6. The predicted octanol–water partition coefficient (Wildman–Crippen LogP) is 0.995. The molecule has 0 spiro atoms. The fraction of sp³-hybridized carbons (Fsp3) is 0.929. The Morgan fingerprint density at radius 1 is 1.56 bits per heavy atom. The molecule has 0 radical (unpaired) electrons. The van der Waals surface area contributed by atoms with Gasteiger partial charge in [0.15, 0.2) is 0 Å². The van der Waals surface area contributed by atoms with Gasteiger partial charge in [0, 0.05) is 6.42 Å². The molecule has 4 nitrogen and oxygen atoms in total. The molecule has 0 saturated carbocycles. The maximum absolute atomic E-state index is 12.1. The number of likely N-dealkylation sites (tertiary alicyclic amines) is 1. The lowest BCUT2D eigenvalue weighted by Crippen LogP contribution is -2.63. The zero-order valence-electron chi connectivity index (χ0n) is 11.6. The van der Waals surface area contributed by atoms with E-state index in [-0.39, 0.29) is 5.91 Å². The average Bonchev–Trinajstić information content (AvgIpc) is 2.35. The smallest absolute Gasteiger partial charge is 0.223 e. The first-order valence-corrected chi connectivity index (χ1v) is 7.25. The molecule has 0 aliphatic carbocycles. The van der Waals surface area contributed by atoms with Crippen LogP contribution in [0.2, 0.25) is 0 Å². The molecule has 2 atom stereocenters. The Balaban J connectivity index is 1.74. The molecule has 2 aliphatic rings. The molecule has 0 aromatic carbocycles. The number of hydrogen-bond acceptors (Lipinski definition) is 3. The van der Waals surface area contributed by atoms with Crippen molar-refractivity contribution in [3.8, 4) is 0 Å². The average molecular weight is 254 g/mol. The molecule has 2 aliphatic heterocycles. The summed E-state index contributed by atoms with van der Waals surface area (Å²) in [6.07, 6.45) is 3.83. The van der Waals surface area contributed by atoms with Gasteiger partial charge in [-0.25, -0.2) is 0 Å². The fourth-order valence-electron chi connectivity index (χ4n) is 3.00. The SMILES string of the molecule is CCC1(O)CN(C(=O)CC(C)C2CCCNC2)C1. The summed E-state index contributed by atoms with van der Waals surface area (Å²) in [6, 6.07) is 0. The predicted molar refractivity (Wildman–Crippen MR) is 71.2 cm³/mol. The summed E-state index contributed by atoms with van der Waals surface area (Å²) in [5.74, 6) is 1.29. The number of carbonyl (C=O) groups is 1. The quantitative estimate of drug-likeness (QED) is 0.787. The molecule has 1 amide bonds. The molecule has 2 rings (SSSR count). The molecular formula is C14H26N2O2. The summed E-state index contributed by atoms with van der Waals surface area (Å²) in [5, 5.41) is 13.3. The van der Waals surface area contributed by atoms with Crippen molar-refractivity contribution in [1.82, 2.24) is 10.2 Å². The van der Waals surface area contributed by atoms with E-state index in [1.54, 1.807) is 4.90 Å². The van der Waals surface area contributed by atoms with Crippen molar-refractivity contribution in [2.75, 3.05) is 26.2 Å². The van der Waals surface area contributed by atoms with Gasteiger partial charge in [-0.2, -0.15) is 0 Å². The van der Waals surface area contributed by atoms with E-state index < -0.39 is 5.60 Å². The molecule has 4 heteroatoms. The Bertz CT molecular complexity index is 294. The Morgan fingerprint density at radius 2 is 2.28 bits per heavy atom. The highest BCUT2D eigenvalue weighted by Crippen LogP contribution is 2.28. The first-order valence-electron chi connectivity index (χ1n) is 7.25. The topological polar surface area (TPSA) is 52.6 Å². The van der Waals surface area contributed by atoms with E-state index in [1.807, 2.05) is 6.92 Å². The summed E-state index contributed by atoms with van der Waals surface area (Å²) in [6.45, 7) is 7.37. The monoisotopic (exact) mass is 254 g/mol. The van der Waals surface area contributed by atoms with Crippen molar-refractivity contribution in [1.29, 1.82) is 0 Å². The normalized spacial score (nSPS) is 28.6. The van der Waals surface area contributed by atoms with Crippen molar-refractivity contribution < 1.29 is 9.90 Å². The minimum absolute atomic E-state index is 0.214. The van der Waals surface area contributed by atoms with Gasteiger partial charge in [-0.15, -0.1) is 0 Å². The number of carbonyl (C=O) groups excluding carboxylic acids is 1. The minimum atomic E-state index is -0.606. The number of nitrogens with zero attached hydrogens (tertiary/aromatic N) is 1. The third-order valence-corrected chi connectivity index (χ3v) is 4.62. The molecule has 0 aromatic rings. The van der Waals surface area contributed by atoms with Gasteiger partial charge >= 0.3 is 0 Å². The third-order valence-electron chi connectivity index (χ3n) is 4.62. The van der Waals surface area contributed by atoms with E-state index in [4.69, 9.17) is 0 Å². The van der Waals surface area contributed by atoms with E-state index >= 15 is 0 Å². The summed E-state index contributed by atoms with van der Waals surface area (Å²) >= 11 is 0. The van der Waals surface area contributed by atoms with E-state index in [0.717, 1.165) is 19.5 Å². The Labute approximate surface area is 110 Å². The molecule has 0 aromatic heterocycles. The molecular weight excluding hydrogens is 228 g/mol. The maximum atomic E-state index is 12.1. The van der Waals surface area contributed by atoms with E-state index in [1.165, 1.54) is 12.8 Å². The maximum Gasteiger partial charge on any atom is 0.223 e. The number of rotatable bonds is 4. The van der Waals surface area contributed by atoms with E-state index in [9.17, 15) is 9.90 Å². The highest BCUT2D eigenvalue weighted by atomic mass is 16.3. The van der Waals surface area contributed by atoms with Crippen LogP contribution in [0.4, 0.5) is 0 Å². The highest BCUT2D eigenvalue weighted by Gasteiger charge is 2.42. The van der Waals surface area contributed by atoms with Gasteiger partial charge in [-0.05, 0) is 44.2 Å². The summed E-state index contributed by atoms with van der Waals surface area (Å²) in [4.78, 5) is 13.9. The summed E-state index contributed by atoms with van der Waals surface area (Å²) < 4.78 is 0. The molecule has 104 valence electrons. The first kappa shape index (κ1) is 13.8. The van der Waals surface area contributed by atoms with Crippen molar-refractivity contribution in [2.24, 2.45) is 11.8 Å². The molecule has 2 N–H and O–H groups in total. The lowest BCUT2D eigenvalue weighted by molar-refractivity contribution is -0.157. The molecule has 2 heterocycles. The van der Waals surface area contributed by atoms with Crippen LogP contribution in [0.1, 0.15) is 39.5 Å². The summed E-state index contributed by atoms with van der Waals surface area (Å²) in [7, 11) is 0. The third kappa shape index (κ3) is 3.04. The number of piperidine rings is 1. The van der Waals surface area contributed by atoms with Crippen molar-refractivity contribution >= 4 is 5.91 Å². The van der Waals surface area contributed by atoms with Crippen LogP contribution in [-0.2, 0) is 4.79 Å². The molecule has 0 bridgehead atoms. The largest absolute Gasteiger partial charge is 0.386 e. The number of amides is 1. The van der Waals surface area contributed by atoms with Crippen LogP contribution in [0.5, 0.6) is 0 Å². The second-order valence-corrected chi connectivity index (χ2v) is 6.12. The van der Waals surface area contributed by atoms with Crippen LogP contribution in [0.15, 0.2) is 0 Å². The molecule has 2 unspecified atom stereocenters. The Hall–Kier alpha value is -0.610. The van der Waals surface area contributed by atoms with E-state index in [0.29, 0.717) is 31.3 Å². The lowest BCUT2D eigenvalue weighted by atomic mass is 9.84. The number of nitrogens with one attached hydrogen (secondary N) is 1. The van der Waals surface area contributed by atoms with Gasteiger partial charge in [-0.1, -0.05) is 13.8 Å². The van der Waals surface area contributed by atoms with Crippen LogP contribution in [0, 0.1) is 11.8 Å². The standard InChI is InChI=1S/C14H26N2O2/c1-3-14(18)9-16(10-14)13(17)7-11(2)12-5-4-6-15-8-12/h11-12,15,18H,3-10H2,1-2H3. The molecule has 18 heavy (non-hydrogen) atoms. The Morgan fingerprint density at radius 3 is 2.83 bits per heavy atom. The lowest BCUT2D eigenvalue weighted by Gasteiger charge is -2.46. The van der Waals surface area contributed by atoms with Crippen LogP contribution < -0.4 is 5.32 Å². The Kier molecular flexibility index (Phi) is 4.28. The highest BCUT2D eigenvalue weighted by molar-refractivity contribution is 5.77. The number of β-amino-alcohol motifs (C(OH)–C–C–N with tert-alkyl or cyclic N) is 1. The minimum Gasteiger partial charge on any atom is -0.386 e.